The van der Waals surface area contributed by atoms with Crippen LogP contribution in [0.4, 0.5) is 0 Å². The van der Waals surface area contributed by atoms with Gasteiger partial charge in [-0.3, -0.25) is 4.79 Å². The molecule has 4 rings (SSSR count). The topological polar surface area (TPSA) is 58.2 Å². The molecular weight excluding hydrogens is 326 g/mol. The zero-order valence-electron chi connectivity index (χ0n) is 13.4. The van der Waals surface area contributed by atoms with Crippen LogP contribution >= 0.6 is 11.6 Å². The van der Waals surface area contributed by atoms with E-state index >= 15 is 0 Å². The smallest absolute Gasteiger partial charge is 0.252 e. The number of carbonyl (C=O) groups excluding carboxylic acids is 1. The molecule has 1 aromatic heterocycles. The molecule has 1 N–H and O–H groups in total. The van der Waals surface area contributed by atoms with E-state index in [0.29, 0.717) is 11.6 Å². The third kappa shape index (κ3) is 2.82. The van der Waals surface area contributed by atoms with Gasteiger partial charge in [0.25, 0.3) is 5.91 Å². The number of nitrogens with zero attached hydrogens (tertiary/aromatic N) is 2. The minimum absolute atomic E-state index is 0.00191. The number of aromatic amines is 1. The monoisotopic (exact) mass is 345 g/mol. The van der Waals surface area contributed by atoms with E-state index in [-0.39, 0.29) is 18.1 Å². The Balaban J connectivity index is 1.57. The molecule has 24 heavy (non-hydrogen) atoms. The van der Waals surface area contributed by atoms with Crippen molar-refractivity contribution in [1.29, 1.82) is 0 Å². The van der Waals surface area contributed by atoms with E-state index in [1.807, 2.05) is 29.2 Å². The molecule has 2 atom stereocenters. The standard InChI is InChI=1S/C18H20ClN3O2/c19-13-6-2-1-5-12(13)14-11-20-17(21-14)15-7-3-9-22(15)18(23)16-8-4-10-24-16/h1-2,5-6,11,15-16H,3-4,7-10H2,(H,20,21)/t15-,16+/m0/s1. The van der Waals surface area contributed by atoms with Crippen molar-refractivity contribution in [2.45, 2.75) is 37.8 Å². The van der Waals surface area contributed by atoms with Crippen molar-refractivity contribution in [3.05, 3.63) is 41.3 Å². The molecule has 1 amide bonds. The van der Waals surface area contributed by atoms with Gasteiger partial charge >= 0.3 is 0 Å². The number of likely N-dealkylation sites (tertiary alicyclic amines) is 1. The molecule has 2 aliphatic rings. The molecule has 2 aliphatic heterocycles. The fourth-order valence-electron chi connectivity index (χ4n) is 3.59. The Labute approximate surface area is 146 Å². The summed E-state index contributed by atoms with van der Waals surface area (Å²) in [5.74, 6) is 0.930. The van der Waals surface area contributed by atoms with E-state index in [0.717, 1.165) is 49.3 Å². The number of benzene rings is 1. The van der Waals surface area contributed by atoms with Crippen molar-refractivity contribution in [2.24, 2.45) is 0 Å². The van der Waals surface area contributed by atoms with E-state index in [4.69, 9.17) is 16.3 Å². The van der Waals surface area contributed by atoms with Crippen LogP contribution in [0.15, 0.2) is 30.5 Å². The lowest BCUT2D eigenvalue weighted by molar-refractivity contribution is -0.142. The SMILES string of the molecule is O=C([C@H]1CCCO1)N1CCC[C@H]1c1ncc(-c2ccccc2Cl)[nH]1. The Morgan fingerprint density at radius 2 is 2.17 bits per heavy atom. The van der Waals surface area contributed by atoms with Gasteiger partial charge in [-0.2, -0.15) is 0 Å². The Morgan fingerprint density at radius 3 is 2.96 bits per heavy atom. The van der Waals surface area contributed by atoms with Crippen LogP contribution in [0, 0.1) is 0 Å². The van der Waals surface area contributed by atoms with Crippen LogP contribution in [-0.4, -0.2) is 40.0 Å². The molecule has 2 aromatic rings. The average molecular weight is 346 g/mol. The zero-order chi connectivity index (χ0) is 16.5. The first-order valence-electron chi connectivity index (χ1n) is 8.46. The number of nitrogens with one attached hydrogen (secondary N) is 1. The molecule has 0 unspecified atom stereocenters. The lowest BCUT2D eigenvalue weighted by Gasteiger charge is -2.25. The van der Waals surface area contributed by atoms with Crippen molar-refractivity contribution in [2.75, 3.05) is 13.2 Å². The fourth-order valence-corrected chi connectivity index (χ4v) is 3.83. The van der Waals surface area contributed by atoms with Crippen LogP contribution in [0.25, 0.3) is 11.3 Å². The van der Waals surface area contributed by atoms with E-state index in [1.54, 1.807) is 6.20 Å². The second-order valence-corrected chi connectivity index (χ2v) is 6.76. The summed E-state index contributed by atoms with van der Waals surface area (Å²) in [6.45, 7) is 1.46. The van der Waals surface area contributed by atoms with Crippen molar-refractivity contribution in [3.63, 3.8) is 0 Å². The number of hydrogen-bond donors (Lipinski definition) is 1. The van der Waals surface area contributed by atoms with E-state index in [1.165, 1.54) is 0 Å². The lowest BCUT2D eigenvalue weighted by Crippen LogP contribution is -2.38. The fraction of sp³-hybridized carbons (Fsp3) is 0.444. The van der Waals surface area contributed by atoms with Gasteiger partial charge in [-0.25, -0.2) is 4.98 Å². The quantitative estimate of drug-likeness (QED) is 0.925. The molecule has 0 bridgehead atoms. The molecule has 0 radical (unpaired) electrons. The molecule has 6 heteroatoms. The van der Waals surface area contributed by atoms with Crippen LogP contribution in [0.3, 0.4) is 0 Å². The largest absolute Gasteiger partial charge is 0.368 e. The highest BCUT2D eigenvalue weighted by molar-refractivity contribution is 6.33. The summed E-state index contributed by atoms with van der Waals surface area (Å²) in [5, 5.41) is 0.686. The Bertz CT molecular complexity index is 739. The number of amides is 1. The molecule has 2 fully saturated rings. The van der Waals surface area contributed by atoms with E-state index in [9.17, 15) is 4.79 Å². The number of rotatable bonds is 3. The Kier molecular flexibility index (Phi) is 4.29. The number of imidazole rings is 1. The number of aromatic nitrogens is 2. The zero-order valence-corrected chi connectivity index (χ0v) is 14.1. The predicted octanol–water partition coefficient (Wildman–Crippen LogP) is 3.57. The maximum Gasteiger partial charge on any atom is 0.252 e. The van der Waals surface area contributed by atoms with Crippen LogP contribution in [0.5, 0.6) is 0 Å². The van der Waals surface area contributed by atoms with Gasteiger partial charge in [0.15, 0.2) is 0 Å². The maximum atomic E-state index is 12.7. The molecule has 5 nitrogen and oxygen atoms in total. The summed E-state index contributed by atoms with van der Waals surface area (Å²) in [7, 11) is 0. The lowest BCUT2D eigenvalue weighted by atomic mass is 10.1. The third-order valence-electron chi connectivity index (χ3n) is 4.82. The second-order valence-electron chi connectivity index (χ2n) is 6.35. The summed E-state index contributed by atoms with van der Waals surface area (Å²) in [5.41, 5.74) is 1.81. The second kappa shape index (κ2) is 6.57. The highest BCUT2D eigenvalue weighted by Gasteiger charge is 2.37. The van der Waals surface area contributed by atoms with Gasteiger partial charge in [0.2, 0.25) is 0 Å². The number of carbonyl (C=O) groups is 1. The van der Waals surface area contributed by atoms with Gasteiger partial charge in [-0.1, -0.05) is 29.8 Å². The number of ether oxygens (including phenoxy) is 1. The molecule has 3 heterocycles. The Hall–Kier alpha value is -1.85. The molecule has 1 aromatic carbocycles. The summed E-state index contributed by atoms with van der Waals surface area (Å²) < 4.78 is 5.56. The van der Waals surface area contributed by atoms with Gasteiger partial charge in [-0.15, -0.1) is 0 Å². The predicted molar refractivity (Wildman–Crippen MR) is 91.7 cm³/mol. The van der Waals surface area contributed by atoms with Crippen LogP contribution in [0.2, 0.25) is 5.02 Å². The third-order valence-corrected chi connectivity index (χ3v) is 5.15. The van der Waals surface area contributed by atoms with Gasteiger partial charge in [0.1, 0.15) is 11.9 Å². The van der Waals surface area contributed by atoms with Gasteiger partial charge in [0, 0.05) is 23.7 Å². The average Bonchev–Trinajstić information content (AvgIpc) is 3.34. The molecular formula is C18H20ClN3O2. The van der Waals surface area contributed by atoms with Gasteiger partial charge in [0.05, 0.1) is 17.9 Å². The summed E-state index contributed by atoms with van der Waals surface area (Å²) in [6.07, 6.45) is 5.23. The number of halogens is 1. The number of H-pyrrole nitrogens is 1. The first kappa shape index (κ1) is 15.7. The highest BCUT2D eigenvalue weighted by atomic mass is 35.5. The van der Waals surface area contributed by atoms with Crippen LogP contribution in [-0.2, 0) is 9.53 Å². The summed E-state index contributed by atoms with van der Waals surface area (Å²) in [6, 6.07) is 7.68. The number of hydrogen-bond acceptors (Lipinski definition) is 3. The van der Waals surface area contributed by atoms with E-state index in [2.05, 4.69) is 9.97 Å². The highest BCUT2D eigenvalue weighted by Crippen LogP contribution is 2.34. The van der Waals surface area contributed by atoms with Crippen LogP contribution < -0.4 is 0 Å². The van der Waals surface area contributed by atoms with Crippen molar-refractivity contribution >= 4 is 17.5 Å². The van der Waals surface area contributed by atoms with Gasteiger partial charge < -0.3 is 14.6 Å². The van der Waals surface area contributed by atoms with Crippen molar-refractivity contribution in [3.8, 4) is 11.3 Å². The van der Waals surface area contributed by atoms with Crippen molar-refractivity contribution in [1.82, 2.24) is 14.9 Å². The molecule has 2 saturated heterocycles. The summed E-state index contributed by atoms with van der Waals surface area (Å²) in [4.78, 5) is 22.5. The first-order valence-corrected chi connectivity index (χ1v) is 8.84. The minimum atomic E-state index is -0.274. The van der Waals surface area contributed by atoms with Gasteiger partial charge in [-0.05, 0) is 31.7 Å². The van der Waals surface area contributed by atoms with E-state index < -0.39 is 0 Å². The molecule has 126 valence electrons. The molecule has 0 saturated carbocycles. The summed E-state index contributed by atoms with van der Waals surface area (Å²) >= 11 is 6.26. The normalized spacial score (nSPS) is 23.8. The Morgan fingerprint density at radius 1 is 1.29 bits per heavy atom. The maximum absolute atomic E-state index is 12.7. The van der Waals surface area contributed by atoms with Crippen LogP contribution in [0.1, 0.15) is 37.5 Å². The molecule has 0 aliphatic carbocycles. The molecule has 0 spiro atoms. The van der Waals surface area contributed by atoms with Crippen molar-refractivity contribution < 1.29 is 9.53 Å². The minimum Gasteiger partial charge on any atom is -0.368 e. The first-order chi connectivity index (χ1) is 11.7.